The van der Waals surface area contributed by atoms with Crippen LogP contribution in [0.4, 0.5) is 13.2 Å². The Morgan fingerprint density at radius 3 is 2.38 bits per heavy atom. The van der Waals surface area contributed by atoms with Crippen LogP contribution >= 0.6 is 0 Å². The molecule has 0 N–H and O–H groups in total. The lowest BCUT2D eigenvalue weighted by Crippen LogP contribution is -2.49. The van der Waals surface area contributed by atoms with Gasteiger partial charge in [-0.05, 0) is 36.5 Å². The average molecular weight is 412 g/mol. The van der Waals surface area contributed by atoms with Crippen molar-refractivity contribution in [2.45, 2.75) is 38.3 Å². The molecule has 2 saturated heterocycles. The summed E-state index contributed by atoms with van der Waals surface area (Å²) in [5.41, 5.74) is 0.00424. The van der Waals surface area contributed by atoms with E-state index in [1.165, 1.54) is 12.1 Å². The molecule has 0 aliphatic carbocycles. The van der Waals surface area contributed by atoms with E-state index in [-0.39, 0.29) is 30.1 Å². The highest BCUT2D eigenvalue weighted by atomic mass is 19.4. The Balaban J connectivity index is 1.56. The fourth-order valence-corrected chi connectivity index (χ4v) is 3.96. The third-order valence-electron chi connectivity index (χ3n) is 5.73. The number of hydrogen-bond donors (Lipinski definition) is 0. The third kappa shape index (κ3) is 5.50. The summed E-state index contributed by atoms with van der Waals surface area (Å²) in [5.74, 6) is -0.356. The molecule has 3 rings (SSSR count). The number of morpholine rings is 1. The predicted octanol–water partition coefficient (Wildman–Crippen LogP) is 3.30. The maximum absolute atomic E-state index is 12.8. The minimum Gasteiger partial charge on any atom is -0.378 e. The highest BCUT2D eigenvalue weighted by Gasteiger charge is 2.33. The van der Waals surface area contributed by atoms with Crippen molar-refractivity contribution >= 4 is 11.8 Å². The van der Waals surface area contributed by atoms with Crippen molar-refractivity contribution < 1.29 is 27.5 Å². The summed E-state index contributed by atoms with van der Waals surface area (Å²) in [5, 5.41) is 0. The molecule has 2 aliphatic heterocycles. The van der Waals surface area contributed by atoms with Gasteiger partial charge in [0, 0.05) is 32.6 Å². The molecule has 1 aromatic carbocycles. The number of carbonyl (C=O) groups is 2. The minimum atomic E-state index is -4.37. The first-order valence-electron chi connectivity index (χ1n) is 10.1. The lowest BCUT2D eigenvalue weighted by Gasteiger charge is -2.36. The fraction of sp³-hybridized carbons (Fsp3) is 0.619. The van der Waals surface area contributed by atoms with Gasteiger partial charge in [-0.3, -0.25) is 9.59 Å². The van der Waals surface area contributed by atoms with Gasteiger partial charge in [0.15, 0.2) is 0 Å². The zero-order valence-electron chi connectivity index (χ0n) is 16.6. The molecule has 0 spiro atoms. The van der Waals surface area contributed by atoms with E-state index in [1.807, 2.05) is 11.8 Å². The summed E-state index contributed by atoms with van der Waals surface area (Å²) in [6.45, 7) is 5.14. The zero-order valence-corrected chi connectivity index (χ0v) is 16.6. The molecular weight excluding hydrogens is 385 g/mol. The number of nitrogens with zero attached hydrogens (tertiary/aromatic N) is 2. The largest absolute Gasteiger partial charge is 0.416 e. The Kier molecular flexibility index (Phi) is 6.82. The maximum Gasteiger partial charge on any atom is 0.416 e. The van der Waals surface area contributed by atoms with Crippen LogP contribution in [0.1, 0.15) is 43.2 Å². The number of amides is 2. The summed E-state index contributed by atoms with van der Waals surface area (Å²) in [4.78, 5) is 29.0. The smallest absolute Gasteiger partial charge is 0.378 e. The van der Waals surface area contributed by atoms with E-state index in [2.05, 4.69) is 0 Å². The second-order valence-corrected chi connectivity index (χ2v) is 7.84. The number of carbonyl (C=O) groups excluding carboxylic acids is 2. The Morgan fingerprint density at radius 1 is 1.10 bits per heavy atom. The molecule has 2 aliphatic rings. The van der Waals surface area contributed by atoms with Crippen LogP contribution < -0.4 is 0 Å². The highest BCUT2D eigenvalue weighted by molar-refractivity contribution is 5.82. The molecule has 2 heterocycles. The molecule has 2 atom stereocenters. The van der Waals surface area contributed by atoms with Crippen LogP contribution in [0, 0.1) is 5.92 Å². The van der Waals surface area contributed by atoms with E-state index in [4.69, 9.17) is 4.74 Å². The minimum absolute atomic E-state index is 0.0584. The Bertz CT molecular complexity index is 715. The molecule has 29 heavy (non-hydrogen) atoms. The number of rotatable bonds is 4. The van der Waals surface area contributed by atoms with Crippen LogP contribution in [-0.2, 0) is 20.5 Å². The summed E-state index contributed by atoms with van der Waals surface area (Å²) >= 11 is 0. The molecule has 8 heteroatoms. The van der Waals surface area contributed by atoms with Gasteiger partial charge < -0.3 is 14.5 Å². The lowest BCUT2D eigenvalue weighted by molar-refractivity contribution is -0.144. The normalized spacial score (nSPS) is 21.7. The highest BCUT2D eigenvalue weighted by Crippen LogP contribution is 2.31. The van der Waals surface area contributed by atoms with Crippen molar-refractivity contribution in [3.8, 4) is 0 Å². The van der Waals surface area contributed by atoms with Crippen LogP contribution in [-0.4, -0.2) is 61.0 Å². The first-order valence-corrected chi connectivity index (χ1v) is 10.1. The summed E-state index contributed by atoms with van der Waals surface area (Å²) in [6, 6.07) is 4.96. The van der Waals surface area contributed by atoms with Crippen LogP contribution in [0.25, 0.3) is 0 Å². The van der Waals surface area contributed by atoms with Crippen LogP contribution in [0.3, 0.4) is 0 Å². The van der Waals surface area contributed by atoms with Gasteiger partial charge in [0.25, 0.3) is 0 Å². The van der Waals surface area contributed by atoms with Gasteiger partial charge in [-0.1, -0.05) is 19.1 Å². The Hall–Kier alpha value is -2.09. The second-order valence-electron chi connectivity index (χ2n) is 7.84. The van der Waals surface area contributed by atoms with Gasteiger partial charge in [-0.2, -0.15) is 13.2 Å². The van der Waals surface area contributed by atoms with Crippen molar-refractivity contribution in [1.29, 1.82) is 0 Å². The molecule has 2 unspecified atom stereocenters. The summed E-state index contributed by atoms with van der Waals surface area (Å²) in [6.07, 6.45) is -2.60. The molecular formula is C21H27F3N2O3. The van der Waals surface area contributed by atoms with Gasteiger partial charge in [0.1, 0.15) is 0 Å². The number of likely N-dealkylation sites (tertiary alicyclic amines) is 1. The van der Waals surface area contributed by atoms with Crippen molar-refractivity contribution in [2.75, 3.05) is 39.4 Å². The van der Waals surface area contributed by atoms with Gasteiger partial charge in [0.2, 0.25) is 11.8 Å². The standard InChI is InChI=1S/C21H27F3N2O3/c1-15(16-4-6-18(7-5-16)21(22,23)24)13-19(27)26-8-2-3-17(14-26)20(28)25-9-11-29-12-10-25/h4-7,15,17H,2-3,8-14H2,1H3. The van der Waals surface area contributed by atoms with Crippen molar-refractivity contribution in [3.63, 3.8) is 0 Å². The quantitative estimate of drug-likeness (QED) is 0.763. The Labute approximate surface area is 168 Å². The lowest BCUT2D eigenvalue weighted by atomic mass is 9.93. The molecule has 5 nitrogen and oxygen atoms in total. The van der Waals surface area contributed by atoms with E-state index in [9.17, 15) is 22.8 Å². The molecule has 1 aromatic rings. The number of alkyl halides is 3. The molecule has 0 radical (unpaired) electrons. The summed E-state index contributed by atoms with van der Waals surface area (Å²) < 4.78 is 43.4. The van der Waals surface area contributed by atoms with E-state index >= 15 is 0 Å². The molecule has 0 aromatic heterocycles. The van der Waals surface area contributed by atoms with E-state index in [0.717, 1.165) is 25.0 Å². The van der Waals surface area contributed by atoms with Crippen LogP contribution in [0.5, 0.6) is 0 Å². The Morgan fingerprint density at radius 2 is 1.76 bits per heavy atom. The fourth-order valence-electron chi connectivity index (χ4n) is 3.96. The molecule has 2 amide bonds. The topological polar surface area (TPSA) is 49.9 Å². The first-order chi connectivity index (χ1) is 13.8. The number of hydrogen-bond acceptors (Lipinski definition) is 3. The van der Waals surface area contributed by atoms with Gasteiger partial charge in [0.05, 0.1) is 24.7 Å². The van der Waals surface area contributed by atoms with Crippen molar-refractivity contribution in [3.05, 3.63) is 35.4 Å². The van der Waals surface area contributed by atoms with Crippen molar-refractivity contribution in [2.24, 2.45) is 5.92 Å². The molecule has 2 fully saturated rings. The van der Waals surface area contributed by atoms with Crippen LogP contribution in [0.15, 0.2) is 24.3 Å². The average Bonchev–Trinajstić information content (AvgIpc) is 2.73. The van der Waals surface area contributed by atoms with Gasteiger partial charge >= 0.3 is 6.18 Å². The van der Waals surface area contributed by atoms with E-state index in [1.54, 1.807) is 4.90 Å². The first kappa shape index (κ1) is 21.6. The molecule has 160 valence electrons. The third-order valence-corrected chi connectivity index (χ3v) is 5.73. The zero-order chi connectivity index (χ0) is 21.0. The number of ether oxygens (including phenoxy) is 1. The number of piperidine rings is 1. The predicted molar refractivity (Wildman–Crippen MR) is 101 cm³/mol. The van der Waals surface area contributed by atoms with Crippen molar-refractivity contribution in [1.82, 2.24) is 9.80 Å². The molecule has 0 bridgehead atoms. The number of benzene rings is 1. The maximum atomic E-state index is 12.8. The summed E-state index contributed by atoms with van der Waals surface area (Å²) in [7, 11) is 0. The van der Waals surface area contributed by atoms with E-state index < -0.39 is 11.7 Å². The molecule has 0 saturated carbocycles. The van der Waals surface area contributed by atoms with Gasteiger partial charge in [-0.25, -0.2) is 0 Å². The SMILES string of the molecule is CC(CC(=O)N1CCCC(C(=O)N2CCOCC2)C1)c1ccc(C(F)(F)F)cc1. The van der Waals surface area contributed by atoms with Crippen LogP contribution in [0.2, 0.25) is 0 Å². The van der Waals surface area contributed by atoms with E-state index in [0.29, 0.717) is 45.0 Å². The number of halogens is 3. The second kappa shape index (κ2) is 9.15. The van der Waals surface area contributed by atoms with Gasteiger partial charge in [-0.15, -0.1) is 0 Å². The monoisotopic (exact) mass is 412 g/mol.